The zero-order valence-electron chi connectivity index (χ0n) is 28.0. The lowest BCUT2D eigenvalue weighted by atomic mass is 9.92. The normalized spacial score (nSPS) is 13.7. The third kappa shape index (κ3) is 7.12. The van der Waals surface area contributed by atoms with Crippen LogP contribution in [-0.4, -0.2) is 65.4 Å². The van der Waals surface area contributed by atoms with Crippen molar-refractivity contribution >= 4 is 38.3 Å². The molecule has 1 N–H and O–H groups in total. The molecule has 0 unspecified atom stereocenters. The zero-order valence-corrected chi connectivity index (χ0v) is 28.8. The van der Waals surface area contributed by atoms with E-state index in [1.165, 1.54) is 33.5 Å². The molecule has 5 aromatic rings. The first-order valence-electron chi connectivity index (χ1n) is 15.8. The maximum atomic E-state index is 13.5. The average Bonchev–Trinajstić information content (AvgIpc) is 3.51. The van der Waals surface area contributed by atoms with Gasteiger partial charge in [0, 0.05) is 48.2 Å². The number of anilines is 2. The van der Waals surface area contributed by atoms with Gasteiger partial charge in [-0.3, -0.25) is 14.5 Å². The molecule has 1 fully saturated rings. The minimum Gasteiger partial charge on any atom is -0.496 e. The number of aryl methyl sites for hydroxylation is 2. The minimum atomic E-state index is -4.21. The van der Waals surface area contributed by atoms with Crippen LogP contribution in [0.2, 0.25) is 0 Å². The van der Waals surface area contributed by atoms with Gasteiger partial charge in [-0.05, 0) is 74.2 Å². The molecule has 0 bridgehead atoms. The van der Waals surface area contributed by atoms with Gasteiger partial charge in [-0.15, -0.1) is 0 Å². The van der Waals surface area contributed by atoms with E-state index in [1.54, 1.807) is 12.1 Å². The quantitative estimate of drug-likeness (QED) is 0.160. The summed E-state index contributed by atoms with van der Waals surface area (Å²) in [4.78, 5) is 19.4. The number of Topliss-reactive ketones (excluding diaryl/α,β-unsaturated/α-hetero) is 1. The smallest absolute Gasteiger partial charge is 0.270 e. The highest BCUT2D eigenvalue weighted by Gasteiger charge is 2.29. The number of benzene rings is 3. The average molecular weight is 687 g/mol. The summed E-state index contributed by atoms with van der Waals surface area (Å²) in [6, 6.07) is 20.1. The number of methoxy groups -OCH3 is 3. The molecule has 12 nitrogen and oxygen atoms in total. The van der Waals surface area contributed by atoms with E-state index < -0.39 is 10.0 Å². The maximum absolute atomic E-state index is 13.5. The first-order chi connectivity index (χ1) is 23.6. The molecule has 1 aliphatic heterocycles. The molecule has 1 aliphatic rings. The highest BCUT2D eigenvalue weighted by atomic mass is 32.2. The molecule has 3 heterocycles. The molecule has 0 aliphatic carbocycles. The second-order valence-electron chi connectivity index (χ2n) is 11.8. The van der Waals surface area contributed by atoms with Crippen LogP contribution in [0.15, 0.2) is 76.1 Å². The van der Waals surface area contributed by atoms with Crippen LogP contribution in [-0.2, 0) is 14.8 Å². The molecule has 256 valence electrons. The number of fused-ring (bicyclic) bond motifs is 1. The van der Waals surface area contributed by atoms with Crippen LogP contribution in [0.3, 0.4) is 0 Å². The van der Waals surface area contributed by atoms with Gasteiger partial charge in [0.2, 0.25) is 0 Å². The number of ketones is 1. The summed E-state index contributed by atoms with van der Waals surface area (Å²) in [5.41, 5.74) is 4.78. The zero-order chi connectivity index (χ0) is 34.7. The van der Waals surface area contributed by atoms with Crippen molar-refractivity contribution in [2.45, 2.75) is 31.6 Å². The molecule has 0 amide bonds. The summed E-state index contributed by atoms with van der Waals surface area (Å²) < 4.78 is 57.3. The van der Waals surface area contributed by atoms with Gasteiger partial charge < -0.3 is 28.4 Å². The van der Waals surface area contributed by atoms with Gasteiger partial charge >= 0.3 is 0 Å². The van der Waals surface area contributed by atoms with Gasteiger partial charge in [-0.25, -0.2) is 8.42 Å². The number of ether oxygens (including phenoxy) is 4. The predicted molar refractivity (Wildman–Crippen MR) is 186 cm³/mol. The van der Waals surface area contributed by atoms with Gasteiger partial charge in [0.1, 0.15) is 35.0 Å². The summed E-state index contributed by atoms with van der Waals surface area (Å²) in [5, 5.41) is 4.40. The lowest BCUT2D eigenvalue weighted by Gasteiger charge is -2.33. The highest BCUT2D eigenvalue weighted by Crippen LogP contribution is 2.40. The van der Waals surface area contributed by atoms with Crippen LogP contribution in [0.1, 0.15) is 24.2 Å². The minimum absolute atomic E-state index is 0.0334. The van der Waals surface area contributed by atoms with Crippen LogP contribution in [0.25, 0.3) is 22.1 Å². The maximum Gasteiger partial charge on any atom is 0.270 e. The van der Waals surface area contributed by atoms with Crippen molar-refractivity contribution in [1.29, 1.82) is 0 Å². The number of rotatable bonds is 12. The first kappa shape index (κ1) is 33.6. The molecule has 0 spiro atoms. The van der Waals surface area contributed by atoms with Crippen LogP contribution < -0.4 is 28.6 Å². The number of hydrogen-bond acceptors (Lipinski definition) is 11. The van der Waals surface area contributed by atoms with E-state index in [0.29, 0.717) is 22.5 Å². The molecule has 1 saturated heterocycles. The van der Waals surface area contributed by atoms with Crippen molar-refractivity contribution in [3.05, 3.63) is 78.1 Å². The Balaban J connectivity index is 1.17. The van der Waals surface area contributed by atoms with Crippen LogP contribution in [0.5, 0.6) is 23.0 Å². The number of carbonyl (C=O) groups is 1. The topological polar surface area (TPSA) is 142 Å². The molecule has 0 atom stereocenters. The molecular weight excluding hydrogens is 648 g/mol. The van der Waals surface area contributed by atoms with Crippen molar-refractivity contribution in [2.75, 3.05) is 50.6 Å². The Kier molecular flexibility index (Phi) is 9.63. The number of hydrogen-bond donors (Lipinski definition) is 1. The van der Waals surface area contributed by atoms with Crippen molar-refractivity contribution in [3.63, 3.8) is 0 Å². The standard InChI is InChI=1S/C36H38N4O8S/c1-22-16-28(17-23(2)37-22)47-21-29(41)24-12-14-40(15-13-24)27-9-6-8-25(18-27)26-19-32(46-5)34-33(20-26)48-38-36(34)39-49(42,43)35-30(44-3)10-7-11-31(35)45-4/h6-11,16-20,24H,12-15,21H2,1-5H3,(H,38,39). The second kappa shape index (κ2) is 14.0. The Morgan fingerprint density at radius 1 is 0.878 bits per heavy atom. The molecule has 0 radical (unpaired) electrons. The van der Waals surface area contributed by atoms with E-state index in [2.05, 4.69) is 25.8 Å². The fourth-order valence-electron chi connectivity index (χ4n) is 6.19. The number of sulfonamides is 1. The van der Waals surface area contributed by atoms with E-state index in [4.69, 9.17) is 23.5 Å². The molecular formula is C36H38N4O8S. The van der Waals surface area contributed by atoms with E-state index in [0.717, 1.165) is 54.1 Å². The van der Waals surface area contributed by atoms with Crippen LogP contribution in [0.4, 0.5) is 11.5 Å². The highest BCUT2D eigenvalue weighted by molar-refractivity contribution is 7.93. The monoisotopic (exact) mass is 686 g/mol. The van der Waals surface area contributed by atoms with Gasteiger partial charge in [0.15, 0.2) is 22.1 Å². The Labute approximate surface area is 285 Å². The van der Waals surface area contributed by atoms with E-state index in [1.807, 2.05) is 50.2 Å². The second-order valence-corrected chi connectivity index (χ2v) is 13.5. The third-order valence-corrected chi connectivity index (χ3v) is 9.97. The third-order valence-electron chi connectivity index (χ3n) is 8.57. The van der Waals surface area contributed by atoms with Gasteiger partial charge in [0.05, 0.1) is 21.3 Å². The molecule has 0 saturated carbocycles. The predicted octanol–water partition coefficient (Wildman–Crippen LogP) is 6.20. The number of piperidine rings is 1. The SMILES string of the molecule is COc1cccc(OC)c1S(=O)(=O)Nc1noc2cc(-c3cccc(N4CCC(C(=O)COc5cc(C)nc(C)c5)CC4)c3)cc(OC)c12. The van der Waals surface area contributed by atoms with Crippen molar-refractivity contribution < 1.29 is 36.7 Å². The Morgan fingerprint density at radius 3 is 2.18 bits per heavy atom. The summed E-state index contributed by atoms with van der Waals surface area (Å²) in [6.07, 6.45) is 1.47. The molecule has 6 rings (SSSR count). The lowest BCUT2D eigenvalue weighted by Crippen LogP contribution is -2.37. The number of aromatic nitrogens is 2. The summed E-state index contributed by atoms with van der Waals surface area (Å²) in [6.45, 7) is 5.33. The largest absolute Gasteiger partial charge is 0.496 e. The van der Waals surface area contributed by atoms with Crippen LogP contribution >= 0.6 is 0 Å². The fraction of sp³-hybridized carbons (Fsp3) is 0.306. The van der Waals surface area contributed by atoms with Crippen molar-refractivity contribution in [2.24, 2.45) is 5.92 Å². The fourth-order valence-corrected chi connectivity index (χ4v) is 7.52. The summed E-state index contributed by atoms with van der Waals surface area (Å²) >= 11 is 0. The number of carbonyl (C=O) groups excluding carboxylic acids is 1. The Morgan fingerprint density at radius 2 is 1.53 bits per heavy atom. The van der Waals surface area contributed by atoms with Crippen LogP contribution in [0, 0.1) is 19.8 Å². The Hall–Kier alpha value is -5.30. The van der Waals surface area contributed by atoms with Gasteiger partial charge in [-0.2, -0.15) is 0 Å². The molecule has 2 aromatic heterocycles. The molecule has 3 aromatic carbocycles. The van der Waals surface area contributed by atoms with Crippen molar-refractivity contribution in [1.82, 2.24) is 10.1 Å². The van der Waals surface area contributed by atoms with E-state index in [-0.39, 0.29) is 40.5 Å². The molecule has 49 heavy (non-hydrogen) atoms. The summed E-state index contributed by atoms with van der Waals surface area (Å²) in [5.74, 6) is 1.29. The lowest BCUT2D eigenvalue weighted by molar-refractivity contribution is -0.125. The van der Waals surface area contributed by atoms with Crippen molar-refractivity contribution in [3.8, 4) is 34.1 Å². The Bertz CT molecular complexity index is 2060. The number of nitrogens with zero attached hydrogens (tertiary/aromatic N) is 3. The van der Waals surface area contributed by atoms with Gasteiger partial charge in [-0.1, -0.05) is 23.4 Å². The first-order valence-corrected chi connectivity index (χ1v) is 17.3. The number of pyridine rings is 1. The van der Waals surface area contributed by atoms with E-state index in [9.17, 15) is 13.2 Å². The number of nitrogens with one attached hydrogen (secondary N) is 1. The van der Waals surface area contributed by atoms with Gasteiger partial charge in [0.25, 0.3) is 10.0 Å². The molecule has 13 heteroatoms. The van der Waals surface area contributed by atoms with E-state index >= 15 is 0 Å². The summed E-state index contributed by atoms with van der Waals surface area (Å²) in [7, 11) is 0.0509.